The van der Waals surface area contributed by atoms with Crippen LogP contribution in [0.2, 0.25) is 0 Å². The van der Waals surface area contributed by atoms with Crippen molar-refractivity contribution in [2.24, 2.45) is 5.41 Å². The zero-order valence-corrected chi connectivity index (χ0v) is 7.73. The molecule has 0 aromatic rings. The standard InChI is InChI=1S/C9H16O2/c1-6-9(3,4)7(2)8(10)11-5/h2,6H2,1,3-5H3. The van der Waals surface area contributed by atoms with Gasteiger partial charge in [0.25, 0.3) is 0 Å². The van der Waals surface area contributed by atoms with Crippen molar-refractivity contribution >= 4 is 5.97 Å². The van der Waals surface area contributed by atoms with E-state index in [1.807, 2.05) is 20.8 Å². The molecule has 2 nitrogen and oxygen atoms in total. The Hall–Kier alpha value is -0.790. The number of carbonyl (C=O) groups is 1. The van der Waals surface area contributed by atoms with E-state index in [0.29, 0.717) is 5.57 Å². The summed E-state index contributed by atoms with van der Waals surface area (Å²) < 4.78 is 4.56. The van der Waals surface area contributed by atoms with Crippen LogP contribution in [0.25, 0.3) is 0 Å². The third-order valence-corrected chi connectivity index (χ3v) is 2.13. The van der Waals surface area contributed by atoms with E-state index in [4.69, 9.17) is 0 Å². The second kappa shape index (κ2) is 3.56. The Balaban J connectivity index is 4.36. The van der Waals surface area contributed by atoms with E-state index in [1.54, 1.807) is 0 Å². The van der Waals surface area contributed by atoms with Crippen molar-refractivity contribution in [3.8, 4) is 0 Å². The highest BCUT2D eigenvalue weighted by Gasteiger charge is 2.25. The highest BCUT2D eigenvalue weighted by Crippen LogP contribution is 2.28. The van der Waals surface area contributed by atoms with Crippen molar-refractivity contribution in [3.63, 3.8) is 0 Å². The molecule has 0 fully saturated rings. The van der Waals surface area contributed by atoms with Crippen LogP contribution in [0.1, 0.15) is 27.2 Å². The molecule has 0 amide bonds. The summed E-state index contributed by atoms with van der Waals surface area (Å²) in [5.41, 5.74) is 0.398. The SMILES string of the molecule is C=C(C(=O)OC)C(C)(C)CC. The van der Waals surface area contributed by atoms with Crippen molar-refractivity contribution in [3.05, 3.63) is 12.2 Å². The van der Waals surface area contributed by atoms with Crippen LogP contribution in [0.15, 0.2) is 12.2 Å². The molecule has 0 rings (SSSR count). The van der Waals surface area contributed by atoms with Crippen LogP contribution in [0.3, 0.4) is 0 Å². The Bertz CT molecular complexity index is 168. The molecule has 0 aliphatic carbocycles. The van der Waals surface area contributed by atoms with E-state index < -0.39 is 0 Å². The molecule has 0 N–H and O–H groups in total. The highest BCUT2D eigenvalue weighted by atomic mass is 16.5. The van der Waals surface area contributed by atoms with Gasteiger partial charge in [-0.1, -0.05) is 27.4 Å². The Morgan fingerprint density at radius 2 is 2.00 bits per heavy atom. The first-order valence-corrected chi connectivity index (χ1v) is 3.73. The molecule has 64 valence electrons. The molecule has 0 unspecified atom stereocenters. The molecule has 0 aliphatic heterocycles. The van der Waals surface area contributed by atoms with Crippen LogP contribution in [-0.4, -0.2) is 13.1 Å². The molecule has 0 bridgehead atoms. The maximum absolute atomic E-state index is 11.0. The normalized spacial score (nSPS) is 10.9. The molecule has 0 saturated carbocycles. The first kappa shape index (κ1) is 10.2. The van der Waals surface area contributed by atoms with Gasteiger partial charge in [0.1, 0.15) is 0 Å². The summed E-state index contributed by atoms with van der Waals surface area (Å²) >= 11 is 0. The van der Waals surface area contributed by atoms with Gasteiger partial charge in [-0.15, -0.1) is 0 Å². The van der Waals surface area contributed by atoms with E-state index in [0.717, 1.165) is 6.42 Å². The van der Waals surface area contributed by atoms with Crippen LogP contribution in [0.4, 0.5) is 0 Å². The molecule has 0 atom stereocenters. The number of hydrogen-bond donors (Lipinski definition) is 0. The Labute approximate surface area is 68.2 Å². The maximum Gasteiger partial charge on any atom is 0.333 e. The lowest BCUT2D eigenvalue weighted by Gasteiger charge is -2.23. The van der Waals surface area contributed by atoms with Crippen molar-refractivity contribution in [1.29, 1.82) is 0 Å². The summed E-state index contributed by atoms with van der Waals surface area (Å²) in [6, 6.07) is 0. The van der Waals surface area contributed by atoms with Gasteiger partial charge in [0.2, 0.25) is 0 Å². The Morgan fingerprint density at radius 1 is 1.55 bits per heavy atom. The summed E-state index contributed by atoms with van der Waals surface area (Å²) in [4.78, 5) is 11.0. The first-order chi connectivity index (χ1) is 4.95. The summed E-state index contributed by atoms with van der Waals surface area (Å²) in [6.45, 7) is 9.67. The second-order valence-corrected chi connectivity index (χ2v) is 3.21. The minimum absolute atomic E-state index is 0.146. The molecular weight excluding hydrogens is 140 g/mol. The molecule has 0 aliphatic rings. The quantitative estimate of drug-likeness (QED) is 0.462. The van der Waals surface area contributed by atoms with E-state index in [1.165, 1.54) is 7.11 Å². The van der Waals surface area contributed by atoms with Crippen molar-refractivity contribution in [2.75, 3.05) is 7.11 Å². The largest absolute Gasteiger partial charge is 0.466 e. The van der Waals surface area contributed by atoms with Gasteiger partial charge in [0.15, 0.2) is 0 Å². The monoisotopic (exact) mass is 156 g/mol. The average Bonchev–Trinajstić information content (AvgIpc) is 2.01. The van der Waals surface area contributed by atoms with Gasteiger partial charge in [-0.3, -0.25) is 0 Å². The summed E-state index contributed by atoms with van der Waals surface area (Å²) in [5, 5.41) is 0. The smallest absolute Gasteiger partial charge is 0.333 e. The lowest BCUT2D eigenvalue weighted by Crippen LogP contribution is -2.20. The maximum atomic E-state index is 11.0. The zero-order chi connectivity index (χ0) is 9.07. The lowest BCUT2D eigenvalue weighted by molar-refractivity contribution is -0.137. The van der Waals surface area contributed by atoms with E-state index >= 15 is 0 Å². The zero-order valence-electron chi connectivity index (χ0n) is 7.73. The predicted octanol–water partition coefficient (Wildman–Crippen LogP) is 2.15. The minimum atomic E-state index is -0.308. The highest BCUT2D eigenvalue weighted by molar-refractivity contribution is 5.88. The minimum Gasteiger partial charge on any atom is -0.466 e. The summed E-state index contributed by atoms with van der Waals surface area (Å²) in [6.07, 6.45) is 0.890. The van der Waals surface area contributed by atoms with Gasteiger partial charge < -0.3 is 4.74 Å². The van der Waals surface area contributed by atoms with E-state index in [2.05, 4.69) is 11.3 Å². The first-order valence-electron chi connectivity index (χ1n) is 3.73. The molecule has 11 heavy (non-hydrogen) atoms. The number of esters is 1. The number of carbonyl (C=O) groups excluding carboxylic acids is 1. The van der Waals surface area contributed by atoms with Crippen LogP contribution in [-0.2, 0) is 9.53 Å². The lowest BCUT2D eigenvalue weighted by atomic mass is 9.83. The Kier molecular flexibility index (Phi) is 3.30. The van der Waals surface area contributed by atoms with Crippen LogP contribution in [0.5, 0.6) is 0 Å². The number of rotatable bonds is 3. The third kappa shape index (κ3) is 2.37. The summed E-state index contributed by atoms with van der Waals surface area (Å²) in [5.74, 6) is -0.308. The van der Waals surface area contributed by atoms with E-state index in [9.17, 15) is 4.79 Å². The van der Waals surface area contributed by atoms with Crippen molar-refractivity contribution < 1.29 is 9.53 Å². The fourth-order valence-corrected chi connectivity index (χ4v) is 0.613. The fourth-order valence-electron chi connectivity index (χ4n) is 0.613. The molecule has 0 radical (unpaired) electrons. The van der Waals surface area contributed by atoms with Gasteiger partial charge in [0, 0.05) is 5.57 Å². The molecule has 0 heterocycles. The van der Waals surface area contributed by atoms with Gasteiger partial charge in [-0.05, 0) is 11.8 Å². The Morgan fingerprint density at radius 3 is 2.27 bits per heavy atom. The number of hydrogen-bond acceptors (Lipinski definition) is 2. The average molecular weight is 156 g/mol. The third-order valence-electron chi connectivity index (χ3n) is 2.13. The summed E-state index contributed by atoms with van der Waals surface area (Å²) in [7, 11) is 1.37. The molecule has 0 aromatic heterocycles. The van der Waals surface area contributed by atoms with Crippen LogP contribution in [0, 0.1) is 5.41 Å². The second-order valence-electron chi connectivity index (χ2n) is 3.21. The topological polar surface area (TPSA) is 26.3 Å². The van der Waals surface area contributed by atoms with Gasteiger partial charge in [-0.2, -0.15) is 0 Å². The van der Waals surface area contributed by atoms with Crippen molar-refractivity contribution in [1.82, 2.24) is 0 Å². The van der Waals surface area contributed by atoms with E-state index in [-0.39, 0.29) is 11.4 Å². The molecule has 2 heteroatoms. The van der Waals surface area contributed by atoms with Crippen LogP contribution >= 0.6 is 0 Å². The van der Waals surface area contributed by atoms with Gasteiger partial charge in [0.05, 0.1) is 7.11 Å². The molecule has 0 saturated heterocycles. The molecular formula is C9H16O2. The van der Waals surface area contributed by atoms with Crippen molar-refractivity contribution in [2.45, 2.75) is 27.2 Å². The molecule has 0 spiro atoms. The van der Waals surface area contributed by atoms with Crippen LogP contribution < -0.4 is 0 Å². The molecule has 0 aromatic carbocycles. The number of methoxy groups -OCH3 is 1. The predicted molar refractivity (Wildman–Crippen MR) is 45.2 cm³/mol. The number of ether oxygens (including phenoxy) is 1. The van der Waals surface area contributed by atoms with Gasteiger partial charge >= 0.3 is 5.97 Å². The fraction of sp³-hybridized carbons (Fsp3) is 0.667. The van der Waals surface area contributed by atoms with Gasteiger partial charge in [-0.25, -0.2) is 4.79 Å².